The molecule has 1 aliphatic heterocycles. The monoisotopic (exact) mass is 560 g/mol. The second-order valence-corrected chi connectivity index (χ2v) is 9.75. The van der Waals surface area contributed by atoms with Crippen LogP contribution in [0.15, 0.2) is 53.0 Å². The van der Waals surface area contributed by atoms with Crippen molar-refractivity contribution in [2.45, 2.75) is 18.3 Å². The number of carbonyl (C=O) groups excluding carboxylic acids is 2. The Labute approximate surface area is 222 Å². The fraction of sp³-hybridized carbons (Fsp3) is 0.250. The van der Waals surface area contributed by atoms with Crippen LogP contribution in [0, 0.1) is 0 Å². The number of nitrogens with one attached hydrogen (secondary N) is 1. The van der Waals surface area contributed by atoms with Gasteiger partial charge in [-0.2, -0.15) is 0 Å². The molecule has 0 aliphatic carbocycles. The fourth-order valence-corrected chi connectivity index (χ4v) is 5.16. The normalized spacial score (nSPS) is 16.8. The number of likely N-dealkylation sites (tertiary alicyclic amines) is 1. The summed E-state index contributed by atoms with van der Waals surface area (Å²) in [6.45, 7) is -0.931. The maximum absolute atomic E-state index is 15.3. The highest BCUT2D eigenvalue weighted by Gasteiger charge is 2.47. The zero-order valence-electron chi connectivity index (χ0n) is 19.7. The molecule has 1 aromatic carbocycles. The predicted molar refractivity (Wildman–Crippen MR) is 136 cm³/mol. The van der Waals surface area contributed by atoms with E-state index in [4.69, 9.17) is 16.3 Å². The van der Waals surface area contributed by atoms with Gasteiger partial charge in [0.05, 0.1) is 30.3 Å². The van der Waals surface area contributed by atoms with Gasteiger partial charge in [0.25, 0.3) is 23.3 Å². The van der Waals surface area contributed by atoms with E-state index < -0.39 is 35.8 Å². The van der Waals surface area contributed by atoms with Gasteiger partial charge < -0.3 is 9.64 Å². The summed E-state index contributed by atoms with van der Waals surface area (Å²) in [5, 5.41) is 4.35. The molecule has 0 saturated carbocycles. The number of hydrogen-bond donors (Lipinski definition) is 1. The van der Waals surface area contributed by atoms with Crippen LogP contribution in [0.1, 0.15) is 38.7 Å². The largest absolute Gasteiger partial charge is 0.495 e. The summed E-state index contributed by atoms with van der Waals surface area (Å²) in [5.41, 5.74) is -0.670. The van der Waals surface area contributed by atoms with Crippen LogP contribution in [0.2, 0.25) is 5.02 Å². The molecule has 1 fully saturated rings. The van der Waals surface area contributed by atoms with Gasteiger partial charge in [-0.3, -0.25) is 24.1 Å². The van der Waals surface area contributed by atoms with Gasteiger partial charge in [0.15, 0.2) is 4.96 Å². The quantitative estimate of drug-likeness (QED) is 0.395. The standard InChI is InChI=1S/C24H19ClF2N6O4S/c1-37-18-3-2-13(10-16(18)25)19(34)31-22-28-6-4-17(30-22)15-5-7-32(12-24(15,26)27)20(35)14-11-29-23-33(21(14)36)8-9-38-23/h2-4,6,8-11,15H,5,7,12H2,1H3,(H,28,30,31,34). The van der Waals surface area contributed by atoms with Gasteiger partial charge >= 0.3 is 0 Å². The molecule has 5 rings (SSSR count). The first kappa shape index (κ1) is 25.7. The van der Waals surface area contributed by atoms with Crippen molar-refractivity contribution in [1.29, 1.82) is 0 Å². The van der Waals surface area contributed by atoms with E-state index in [1.54, 1.807) is 5.38 Å². The van der Waals surface area contributed by atoms with Crippen molar-refractivity contribution in [3.05, 3.63) is 80.4 Å². The maximum atomic E-state index is 15.3. The van der Waals surface area contributed by atoms with E-state index in [1.807, 2.05) is 0 Å². The average Bonchev–Trinajstić information content (AvgIpc) is 3.38. The van der Waals surface area contributed by atoms with Gasteiger partial charge in [-0.1, -0.05) is 11.6 Å². The molecule has 196 valence electrons. The second kappa shape index (κ2) is 10.1. The number of thiazole rings is 1. The Morgan fingerprint density at radius 3 is 2.82 bits per heavy atom. The number of alkyl halides is 2. The Bertz CT molecular complexity index is 1610. The number of aromatic nitrogens is 4. The zero-order valence-corrected chi connectivity index (χ0v) is 21.3. The number of methoxy groups -OCH3 is 1. The van der Waals surface area contributed by atoms with Crippen LogP contribution in [0.5, 0.6) is 5.75 Å². The van der Waals surface area contributed by atoms with Crippen molar-refractivity contribution in [1.82, 2.24) is 24.3 Å². The molecule has 4 heterocycles. The van der Waals surface area contributed by atoms with E-state index in [0.29, 0.717) is 10.7 Å². The van der Waals surface area contributed by atoms with Crippen molar-refractivity contribution in [3.63, 3.8) is 0 Å². The summed E-state index contributed by atoms with van der Waals surface area (Å²) in [6.07, 6.45) is 3.75. The number of anilines is 1. The molecule has 2 amide bonds. The minimum atomic E-state index is -3.36. The summed E-state index contributed by atoms with van der Waals surface area (Å²) >= 11 is 7.29. The number of halogens is 3. The van der Waals surface area contributed by atoms with Crippen LogP contribution in [0.3, 0.4) is 0 Å². The molecule has 3 aromatic heterocycles. The third kappa shape index (κ3) is 4.82. The van der Waals surface area contributed by atoms with Crippen molar-refractivity contribution in [3.8, 4) is 5.75 Å². The minimum absolute atomic E-state index is 0.0154. The molecule has 4 aromatic rings. The Morgan fingerprint density at radius 1 is 1.26 bits per heavy atom. The number of rotatable bonds is 5. The lowest BCUT2D eigenvalue weighted by atomic mass is 9.89. The number of benzene rings is 1. The van der Waals surface area contributed by atoms with Gasteiger partial charge in [0, 0.05) is 36.1 Å². The van der Waals surface area contributed by atoms with Crippen LogP contribution in [-0.2, 0) is 0 Å². The van der Waals surface area contributed by atoms with Gasteiger partial charge in [-0.15, -0.1) is 11.3 Å². The molecular weight excluding hydrogens is 542 g/mol. The number of amides is 2. The molecular formula is C24H19ClF2N6O4S. The first-order valence-corrected chi connectivity index (χ1v) is 12.5. The Hall–Kier alpha value is -3.97. The molecule has 38 heavy (non-hydrogen) atoms. The molecule has 1 atom stereocenters. The summed E-state index contributed by atoms with van der Waals surface area (Å²) in [4.78, 5) is 51.7. The van der Waals surface area contributed by atoms with Crippen molar-refractivity contribution in [2.24, 2.45) is 0 Å². The van der Waals surface area contributed by atoms with E-state index in [9.17, 15) is 14.4 Å². The molecule has 1 unspecified atom stereocenters. The summed E-state index contributed by atoms with van der Waals surface area (Å²) < 4.78 is 36.9. The number of carbonyl (C=O) groups is 2. The molecule has 10 nitrogen and oxygen atoms in total. The second-order valence-electron chi connectivity index (χ2n) is 8.47. The van der Waals surface area contributed by atoms with E-state index in [1.165, 1.54) is 59.5 Å². The van der Waals surface area contributed by atoms with E-state index in [-0.39, 0.29) is 40.8 Å². The summed E-state index contributed by atoms with van der Waals surface area (Å²) in [6, 6.07) is 5.75. The number of hydrogen-bond acceptors (Lipinski definition) is 8. The summed E-state index contributed by atoms with van der Waals surface area (Å²) in [5.74, 6) is -5.85. The van der Waals surface area contributed by atoms with E-state index in [2.05, 4.69) is 20.3 Å². The van der Waals surface area contributed by atoms with Gasteiger partial charge in [-0.25, -0.2) is 23.7 Å². The van der Waals surface area contributed by atoms with Crippen LogP contribution in [-0.4, -0.2) is 62.2 Å². The molecule has 0 spiro atoms. The highest BCUT2D eigenvalue weighted by atomic mass is 35.5. The highest BCUT2D eigenvalue weighted by Crippen LogP contribution is 2.40. The third-order valence-electron chi connectivity index (χ3n) is 6.13. The van der Waals surface area contributed by atoms with Crippen LogP contribution >= 0.6 is 22.9 Å². The average molecular weight is 561 g/mol. The lowest BCUT2D eigenvalue weighted by Gasteiger charge is -2.38. The van der Waals surface area contributed by atoms with Gasteiger partial charge in [-0.05, 0) is 30.7 Å². The minimum Gasteiger partial charge on any atom is -0.495 e. The smallest absolute Gasteiger partial charge is 0.273 e. The molecule has 14 heteroatoms. The zero-order chi connectivity index (χ0) is 27.0. The maximum Gasteiger partial charge on any atom is 0.273 e. The lowest BCUT2D eigenvalue weighted by Crippen LogP contribution is -2.50. The van der Waals surface area contributed by atoms with Crippen molar-refractivity contribution < 1.29 is 23.1 Å². The Balaban J connectivity index is 1.31. The van der Waals surface area contributed by atoms with Crippen LogP contribution in [0.25, 0.3) is 4.96 Å². The molecule has 1 N–H and O–H groups in total. The number of piperidine rings is 1. The number of ether oxygens (including phenoxy) is 1. The molecule has 0 radical (unpaired) electrons. The van der Waals surface area contributed by atoms with Crippen molar-refractivity contribution in [2.75, 3.05) is 25.5 Å². The van der Waals surface area contributed by atoms with E-state index >= 15 is 8.78 Å². The Kier molecular flexibility index (Phi) is 6.80. The van der Waals surface area contributed by atoms with Crippen LogP contribution in [0.4, 0.5) is 14.7 Å². The van der Waals surface area contributed by atoms with Gasteiger partial charge in [0.2, 0.25) is 5.95 Å². The molecule has 0 bridgehead atoms. The predicted octanol–water partition coefficient (Wildman–Crippen LogP) is 3.73. The van der Waals surface area contributed by atoms with Gasteiger partial charge in [0.1, 0.15) is 11.3 Å². The third-order valence-corrected chi connectivity index (χ3v) is 7.20. The topological polar surface area (TPSA) is 119 Å². The summed E-state index contributed by atoms with van der Waals surface area (Å²) in [7, 11) is 1.44. The Morgan fingerprint density at radius 2 is 2.08 bits per heavy atom. The molecule has 1 saturated heterocycles. The SMILES string of the molecule is COc1ccc(C(=O)Nc2nccc(C3CCN(C(=O)c4cnc5sccn5c4=O)CC3(F)F)n2)cc1Cl. The first-order valence-electron chi connectivity index (χ1n) is 11.3. The first-order chi connectivity index (χ1) is 18.2. The van der Waals surface area contributed by atoms with Crippen molar-refractivity contribution >= 4 is 45.7 Å². The lowest BCUT2D eigenvalue weighted by molar-refractivity contribution is -0.0755. The number of fused-ring (bicyclic) bond motifs is 1. The molecule has 1 aliphatic rings. The fourth-order valence-electron chi connectivity index (χ4n) is 4.23. The number of nitrogens with zero attached hydrogens (tertiary/aromatic N) is 5. The van der Waals surface area contributed by atoms with E-state index in [0.717, 1.165) is 11.1 Å². The van der Waals surface area contributed by atoms with Crippen LogP contribution < -0.4 is 15.6 Å². The highest BCUT2D eigenvalue weighted by molar-refractivity contribution is 7.15.